The molecule has 0 fully saturated rings. The molecule has 2 aromatic carbocycles. The SMILES string of the molecule is COc1ccccc1NC(=S)N(C)CCc1ccc(OC)c(OC)c1. The Labute approximate surface area is 154 Å². The van der Waals surface area contributed by atoms with Crippen LogP contribution in [0.3, 0.4) is 0 Å². The Morgan fingerprint density at radius 3 is 2.32 bits per heavy atom. The van der Waals surface area contributed by atoms with Crippen molar-refractivity contribution in [2.24, 2.45) is 0 Å². The number of rotatable bonds is 7. The van der Waals surface area contributed by atoms with Gasteiger partial charge in [0.1, 0.15) is 5.75 Å². The minimum Gasteiger partial charge on any atom is -0.495 e. The maximum atomic E-state index is 5.48. The zero-order valence-corrected chi connectivity index (χ0v) is 15.9. The number of methoxy groups -OCH3 is 3. The number of ether oxygens (including phenoxy) is 3. The van der Waals surface area contributed by atoms with Gasteiger partial charge >= 0.3 is 0 Å². The molecule has 2 rings (SSSR count). The van der Waals surface area contributed by atoms with Crippen LogP contribution in [0.2, 0.25) is 0 Å². The molecule has 25 heavy (non-hydrogen) atoms. The van der Waals surface area contributed by atoms with Gasteiger partial charge in [0.2, 0.25) is 0 Å². The normalized spacial score (nSPS) is 10.1. The minimum absolute atomic E-state index is 0.643. The van der Waals surface area contributed by atoms with Crippen LogP contribution in [-0.4, -0.2) is 44.9 Å². The predicted octanol–water partition coefficient (Wildman–Crippen LogP) is 3.58. The first-order valence-electron chi connectivity index (χ1n) is 7.95. The van der Waals surface area contributed by atoms with Gasteiger partial charge < -0.3 is 24.4 Å². The van der Waals surface area contributed by atoms with Crippen LogP contribution in [0.4, 0.5) is 5.69 Å². The molecule has 0 unspecified atom stereocenters. The summed E-state index contributed by atoms with van der Waals surface area (Å²) in [5.74, 6) is 2.23. The van der Waals surface area contributed by atoms with Gasteiger partial charge in [-0.15, -0.1) is 0 Å². The van der Waals surface area contributed by atoms with Crippen molar-refractivity contribution in [2.75, 3.05) is 40.2 Å². The van der Waals surface area contributed by atoms with Gasteiger partial charge in [-0.05, 0) is 48.5 Å². The summed E-state index contributed by atoms with van der Waals surface area (Å²) in [5, 5.41) is 3.87. The highest BCUT2D eigenvalue weighted by Gasteiger charge is 2.09. The van der Waals surface area contributed by atoms with Crippen molar-refractivity contribution in [3.8, 4) is 17.2 Å². The maximum Gasteiger partial charge on any atom is 0.173 e. The molecule has 2 aromatic rings. The maximum absolute atomic E-state index is 5.48. The number of para-hydroxylation sites is 2. The molecule has 6 heteroatoms. The van der Waals surface area contributed by atoms with Gasteiger partial charge in [-0.3, -0.25) is 0 Å². The Kier molecular flexibility index (Phi) is 6.89. The second-order valence-corrected chi connectivity index (χ2v) is 5.88. The second-order valence-electron chi connectivity index (χ2n) is 5.49. The number of hydrogen-bond acceptors (Lipinski definition) is 4. The van der Waals surface area contributed by atoms with E-state index in [-0.39, 0.29) is 0 Å². The molecule has 0 amide bonds. The summed E-state index contributed by atoms with van der Waals surface area (Å²) in [5.41, 5.74) is 2.01. The third-order valence-electron chi connectivity index (χ3n) is 3.88. The average molecular weight is 360 g/mol. The van der Waals surface area contributed by atoms with Gasteiger partial charge in [0.25, 0.3) is 0 Å². The summed E-state index contributed by atoms with van der Waals surface area (Å²) in [6, 6.07) is 13.6. The molecule has 5 nitrogen and oxygen atoms in total. The van der Waals surface area contributed by atoms with Crippen molar-refractivity contribution in [3.63, 3.8) is 0 Å². The highest BCUT2D eigenvalue weighted by molar-refractivity contribution is 7.80. The highest BCUT2D eigenvalue weighted by Crippen LogP contribution is 2.28. The van der Waals surface area contributed by atoms with E-state index >= 15 is 0 Å². The van der Waals surface area contributed by atoms with Crippen molar-refractivity contribution in [3.05, 3.63) is 48.0 Å². The van der Waals surface area contributed by atoms with Crippen LogP contribution >= 0.6 is 12.2 Å². The molecule has 0 heterocycles. The van der Waals surface area contributed by atoms with E-state index in [1.54, 1.807) is 21.3 Å². The Morgan fingerprint density at radius 1 is 0.960 bits per heavy atom. The molecule has 0 aliphatic carbocycles. The lowest BCUT2D eigenvalue weighted by atomic mass is 10.1. The topological polar surface area (TPSA) is 43.0 Å². The number of anilines is 1. The van der Waals surface area contributed by atoms with Gasteiger partial charge in [-0.2, -0.15) is 0 Å². The molecule has 0 aliphatic rings. The Bertz CT molecular complexity index is 722. The van der Waals surface area contributed by atoms with Crippen molar-refractivity contribution < 1.29 is 14.2 Å². The van der Waals surface area contributed by atoms with Gasteiger partial charge in [0, 0.05) is 13.6 Å². The number of thiocarbonyl (C=S) groups is 1. The largest absolute Gasteiger partial charge is 0.495 e. The predicted molar refractivity (Wildman–Crippen MR) is 105 cm³/mol. The second kappa shape index (κ2) is 9.13. The Balaban J connectivity index is 1.95. The molecule has 134 valence electrons. The standard InChI is InChI=1S/C19H24N2O3S/c1-21(19(25)20-15-7-5-6-8-16(15)22-2)12-11-14-9-10-17(23-3)18(13-14)24-4/h5-10,13H,11-12H2,1-4H3,(H,20,25). The zero-order chi connectivity index (χ0) is 18.2. The van der Waals surface area contributed by atoms with E-state index in [4.69, 9.17) is 26.4 Å². The summed E-state index contributed by atoms with van der Waals surface area (Å²) >= 11 is 5.48. The quantitative estimate of drug-likeness (QED) is 0.762. The van der Waals surface area contributed by atoms with Crippen LogP contribution < -0.4 is 19.5 Å². The van der Waals surface area contributed by atoms with E-state index in [1.807, 2.05) is 54.4 Å². The van der Waals surface area contributed by atoms with E-state index in [1.165, 1.54) is 0 Å². The molecule has 0 spiro atoms. The average Bonchev–Trinajstić information content (AvgIpc) is 2.66. The number of nitrogens with one attached hydrogen (secondary N) is 1. The van der Waals surface area contributed by atoms with Gasteiger partial charge in [-0.25, -0.2) is 0 Å². The molecule has 0 saturated carbocycles. The number of likely N-dealkylation sites (N-methyl/N-ethyl adjacent to an activating group) is 1. The first kappa shape index (κ1) is 18.9. The first-order chi connectivity index (χ1) is 12.1. The Morgan fingerprint density at radius 2 is 1.64 bits per heavy atom. The van der Waals surface area contributed by atoms with E-state index in [0.717, 1.165) is 41.5 Å². The molecule has 0 atom stereocenters. The van der Waals surface area contributed by atoms with Crippen LogP contribution in [0.1, 0.15) is 5.56 Å². The van der Waals surface area contributed by atoms with Crippen LogP contribution in [0.25, 0.3) is 0 Å². The summed E-state index contributed by atoms with van der Waals surface area (Å²) in [6.45, 7) is 0.774. The van der Waals surface area contributed by atoms with Crippen LogP contribution in [0, 0.1) is 0 Å². The van der Waals surface area contributed by atoms with Crippen LogP contribution in [0.15, 0.2) is 42.5 Å². The summed E-state index contributed by atoms with van der Waals surface area (Å²) in [7, 11) is 6.88. The smallest absolute Gasteiger partial charge is 0.173 e. The lowest BCUT2D eigenvalue weighted by molar-refractivity contribution is 0.354. The van der Waals surface area contributed by atoms with E-state index in [0.29, 0.717) is 5.11 Å². The van der Waals surface area contributed by atoms with Crippen molar-refractivity contribution in [1.82, 2.24) is 4.90 Å². The minimum atomic E-state index is 0.643. The van der Waals surface area contributed by atoms with Crippen molar-refractivity contribution >= 4 is 23.0 Å². The third kappa shape index (κ3) is 5.00. The lowest BCUT2D eigenvalue weighted by Crippen LogP contribution is -2.32. The fraction of sp³-hybridized carbons (Fsp3) is 0.316. The number of nitrogens with zero attached hydrogens (tertiary/aromatic N) is 1. The van der Waals surface area contributed by atoms with Crippen LogP contribution in [0.5, 0.6) is 17.2 Å². The Hall–Kier alpha value is -2.47. The summed E-state index contributed by atoms with van der Waals surface area (Å²) in [4.78, 5) is 2.00. The molecule has 0 aromatic heterocycles. The van der Waals surface area contributed by atoms with Crippen molar-refractivity contribution in [2.45, 2.75) is 6.42 Å². The van der Waals surface area contributed by atoms with E-state index in [2.05, 4.69) is 5.32 Å². The molecule has 0 bridgehead atoms. The van der Waals surface area contributed by atoms with E-state index in [9.17, 15) is 0 Å². The lowest BCUT2D eigenvalue weighted by Gasteiger charge is -2.22. The summed E-state index contributed by atoms with van der Waals surface area (Å²) in [6.07, 6.45) is 0.838. The molecule has 0 radical (unpaired) electrons. The van der Waals surface area contributed by atoms with Gasteiger partial charge in [0.15, 0.2) is 16.6 Å². The molecule has 1 N–H and O–H groups in total. The third-order valence-corrected chi connectivity index (χ3v) is 4.29. The monoisotopic (exact) mass is 360 g/mol. The molecule has 0 aliphatic heterocycles. The van der Waals surface area contributed by atoms with Crippen LogP contribution in [-0.2, 0) is 6.42 Å². The first-order valence-corrected chi connectivity index (χ1v) is 8.36. The molecular formula is C19H24N2O3S. The van der Waals surface area contributed by atoms with Gasteiger partial charge in [-0.1, -0.05) is 18.2 Å². The van der Waals surface area contributed by atoms with Crippen molar-refractivity contribution in [1.29, 1.82) is 0 Å². The molecular weight excluding hydrogens is 336 g/mol. The van der Waals surface area contributed by atoms with E-state index < -0.39 is 0 Å². The number of benzene rings is 2. The number of hydrogen-bond donors (Lipinski definition) is 1. The highest BCUT2D eigenvalue weighted by atomic mass is 32.1. The zero-order valence-electron chi connectivity index (χ0n) is 15.0. The molecule has 0 saturated heterocycles. The van der Waals surface area contributed by atoms with Gasteiger partial charge in [0.05, 0.1) is 27.0 Å². The fourth-order valence-corrected chi connectivity index (χ4v) is 2.59. The summed E-state index contributed by atoms with van der Waals surface area (Å²) < 4.78 is 15.9. The fourth-order valence-electron chi connectivity index (χ4n) is 2.39.